The average Bonchev–Trinajstić information content (AvgIpc) is 2.94. The first-order valence-corrected chi connectivity index (χ1v) is 7.69. The topological polar surface area (TPSA) is 64.4 Å². The van der Waals surface area contributed by atoms with Crippen LogP contribution in [-0.2, 0) is 4.74 Å². The Morgan fingerprint density at radius 1 is 1.48 bits per heavy atom. The Bertz CT molecular complexity index is 478. The second-order valence-corrected chi connectivity index (χ2v) is 5.67. The fraction of sp³-hybridized carbons (Fsp3) is 0.625. The fourth-order valence-corrected chi connectivity index (χ4v) is 3.15. The van der Waals surface area contributed by atoms with Crippen LogP contribution < -0.4 is 5.32 Å². The van der Waals surface area contributed by atoms with E-state index in [1.807, 2.05) is 6.07 Å². The summed E-state index contributed by atoms with van der Waals surface area (Å²) in [5.74, 6) is 0. The molecule has 1 aromatic rings. The van der Waals surface area contributed by atoms with Gasteiger partial charge in [-0.05, 0) is 31.2 Å². The first-order valence-electron chi connectivity index (χ1n) is 7.69. The number of nitro groups is 1. The van der Waals surface area contributed by atoms with Crippen LogP contribution in [0.25, 0.3) is 0 Å². The number of non-ortho nitro benzene ring substituents is 1. The summed E-state index contributed by atoms with van der Waals surface area (Å²) >= 11 is 0. The van der Waals surface area contributed by atoms with Gasteiger partial charge in [-0.1, -0.05) is 25.5 Å². The minimum atomic E-state index is -0.333. The van der Waals surface area contributed by atoms with Gasteiger partial charge in [-0.3, -0.25) is 10.1 Å². The molecule has 1 saturated carbocycles. The summed E-state index contributed by atoms with van der Waals surface area (Å²) in [6.07, 6.45) is 5.61. The molecule has 0 bridgehead atoms. The van der Waals surface area contributed by atoms with Crippen molar-refractivity contribution >= 4 is 5.69 Å². The number of nitrogens with one attached hydrogen (secondary N) is 1. The fourth-order valence-electron chi connectivity index (χ4n) is 3.15. The zero-order valence-corrected chi connectivity index (χ0v) is 12.7. The summed E-state index contributed by atoms with van der Waals surface area (Å²) in [6.45, 7) is 2.13. The standard InChI is InChI=1S/C16H24N2O3/c1-3-6-14(17-15-9-5-10-16(15)21-2)12-7-4-8-13(11-12)18(19)20/h4,7-8,11,14-17H,3,5-6,9-10H2,1-2H3. The van der Waals surface area contributed by atoms with Gasteiger partial charge >= 0.3 is 0 Å². The van der Waals surface area contributed by atoms with Crippen LogP contribution in [0.15, 0.2) is 24.3 Å². The molecule has 1 aliphatic carbocycles. The average molecular weight is 292 g/mol. The molecule has 0 saturated heterocycles. The predicted octanol–water partition coefficient (Wildman–Crippen LogP) is 3.59. The quantitative estimate of drug-likeness (QED) is 0.616. The monoisotopic (exact) mass is 292 g/mol. The van der Waals surface area contributed by atoms with Crippen molar-refractivity contribution in [3.63, 3.8) is 0 Å². The van der Waals surface area contributed by atoms with Crippen LogP contribution in [0, 0.1) is 10.1 Å². The Hall–Kier alpha value is -1.46. The largest absolute Gasteiger partial charge is 0.380 e. The normalized spacial score (nSPS) is 23.1. The third kappa shape index (κ3) is 4.02. The molecule has 3 unspecified atom stereocenters. The van der Waals surface area contributed by atoms with E-state index < -0.39 is 0 Å². The lowest BCUT2D eigenvalue weighted by molar-refractivity contribution is -0.384. The molecule has 1 fully saturated rings. The highest BCUT2D eigenvalue weighted by atomic mass is 16.6. The third-order valence-electron chi connectivity index (χ3n) is 4.23. The number of hydrogen-bond donors (Lipinski definition) is 1. The summed E-state index contributed by atoms with van der Waals surface area (Å²) < 4.78 is 5.53. The summed E-state index contributed by atoms with van der Waals surface area (Å²) in [5.41, 5.74) is 1.15. The van der Waals surface area contributed by atoms with Gasteiger partial charge in [0.1, 0.15) is 0 Å². The SMILES string of the molecule is CCCC(NC1CCCC1OC)c1cccc([N+](=O)[O-])c1. The van der Waals surface area contributed by atoms with Crippen LogP contribution in [0.5, 0.6) is 0 Å². The van der Waals surface area contributed by atoms with E-state index in [4.69, 9.17) is 4.74 Å². The van der Waals surface area contributed by atoms with E-state index in [2.05, 4.69) is 12.2 Å². The number of rotatable bonds is 7. The van der Waals surface area contributed by atoms with E-state index >= 15 is 0 Å². The molecular weight excluding hydrogens is 268 g/mol. The van der Waals surface area contributed by atoms with Gasteiger partial charge in [0, 0.05) is 31.3 Å². The lowest BCUT2D eigenvalue weighted by atomic mass is 10.00. The number of nitro benzene ring substituents is 1. The molecule has 1 N–H and O–H groups in total. The van der Waals surface area contributed by atoms with Gasteiger partial charge in [0.25, 0.3) is 5.69 Å². The summed E-state index contributed by atoms with van der Waals surface area (Å²) in [4.78, 5) is 10.6. The molecule has 116 valence electrons. The number of nitrogens with zero attached hydrogens (tertiary/aromatic N) is 1. The third-order valence-corrected chi connectivity index (χ3v) is 4.23. The molecule has 0 aliphatic heterocycles. The number of ether oxygens (including phenoxy) is 1. The molecule has 3 atom stereocenters. The summed E-state index contributed by atoms with van der Waals surface area (Å²) in [7, 11) is 1.76. The van der Waals surface area contributed by atoms with E-state index in [-0.39, 0.29) is 22.8 Å². The maximum absolute atomic E-state index is 10.9. The highest BCUT2D eigenvalue weighted by Crippen LogP contribution is 2.28. The second kappa shape index (κ2) is 7.52. The minimum Gasteiger partial charge on any atom is -0.380 e. The van der Waals surface area contributed by atoms with E-state index in [0.717, 1.165) is 31.2 Å². The Balaban J connectivity index is 2.14. The van der Waals surface area contributed by atoms with Crippen molar-refractivity contribution in [2.24, 2.45) is 0 Å². The Labute approximate surface area is 125 Å². The molecule has 2 rings (SSSR count). The zero-order chi connectivity index (χ0) is 15.2. The van der Waals surface area contributed by atoms with Crippen LogP contribution in [0.1, 0.15) is 50.6 Å². The molecule has 5 nitrogen and oxygen atoms in total. The van der Waals surface area contributed by atoms with Gasteiger partial charge in [-0.2, -0.15) is 0 Å². The van der Waals surface area contributed by atoms with Gasteiger partial charge in [0.15, 0.2) is 0 Å². The van der Waals surface area contributed by atoms with Crippen molar-refractivity contribution in [2.75, 3.05) is 7.11 Å². The maximum atomic E-state index is 10.9. The van der Waals surface area contributed by atoms with Gasteiger partial charge in [-0.15, -0.1) is 0 Å². The summed E-state index contributed by atoms with van der Waals surface area (Å²) in [6, 6.07) is 7.45. The van der Waals surface area contributed by atoms with Gasteiger partial charge in [0.05, 0.1) is 11.0 Å². The lowest BCUT2D eigenvalue weighted by Crippen LogP contribution is -2.39. The van der Waals surface area contributed by atoms with Gasteiger partial charge < -0.3 is 10.1 Å². The molecule has 5 heteroatoms. The first-order chi connectivity index (χ1) is 10.2. The minimum absolute atomic E-state index is 0.149. The molecule has 0 spiro atoms. The van der Waals surface area contributed by atoms with Crippen molar-refractivity contribution in [2.45, 2.75) is 57.2 Å². The number of benzene rings is 1. The van der Waals surface area contributed by atoms with E-state index in [1.54, 1.807) is 25.3 Å². The lowest BCUT2D eigenvalue weighted by Gasteiger charge is -2.26. The smallest absolute Gasteiger partial charge is 0.269 e. The van der Waals surface area contributed by atoms with Crippen LogP contribution in [0.3, 0.4) is 0 Å². The molecule has 1 aliphatic rings. The van der Waals surface area contributed by atoms with E-state index in [1.165, 1.54) is 6.42 Å². The highest BCUT2D eigenvalue weighted by molar-refractivity contribution is 5.35. The molecule has 0 aromatic heterocycles. The van der Waals surface area contributed by atoms with Crippen LogP contribution in [-0.4, -0.2) is 24.2 Å². The van der Waals surface area contributed by atoms with Gasteiger partial charge in [-0.25, -0.2) is 0 Å². The molecule has 0 amide bonds. The van der Waals surface area contributed by atoms with Crippen molar-refractivity contribution in [3.05, 3.63) is 39.9 Å². The number of hydrogen-bond acceptors (Lipinski definition) is 4. The van der Waals surface area contributed by atoms with Crippen LogP contribution in [0.2, 0.25) is 0 Å². The summed E-state index contributed by atoms with van der Waals surface area (Å²) in [5, 5.41) is 14.6. The molecule has 21 heavy (non-hydrogen) atoms. The van der Waals surface area contributed by atoms with Crippen molar-refractivity contribution in [1.82, 2.24) is 5.32 Å². The van der Waals surface area contributed by atoms with Crippen molar-refractivity contribution in [1.29, 1.82) is 0 Å². The van der Waals surface area contributed by atoms with Gasteiger partial charge in [0.2, 0.25) is 0 Å². The predicted molar refractivity (Wildman–Crippen MR) is 82.3 cm³/mol. The van der Waals surface area contributed by atoms with Crippen LogP contribution >= 0.6 is 0 Å². The second-order valence-electron chi connectivity index (χ2n) is 5.67. The highest BCUT2D eigenvalue weighted by Gasteiger charge is 2.29. The first kappa shape index (κ1) is 15.9. The molecule has 1 aromatic carbocycles. The van der Waals surface area contributed by atoms with E-state index in [9.17, 15) is 10.1 Å². The zero-order valence-electron chi connectivity index (χ0n) is 12.7. The molecular formula is C16H24N2O3. The maximum Gasteiger partial charge on any atom is 0.269 e. The van der Waals surface area contributed by atoms with E-state index in [0.29, 0.717) is 6.04 Å². The Kier molecular flexibility index (Phi) is 5.70. The Morgan fingerprint density at radius 2 is 2.29 bits per heavy atom. The number of methoxy groups -OCH3 is 1. The Morgan fingerprint density at radius 3 is 2.95 bits per heavy atom. The molecule has 0 radical (unpaired) electrons. The van der Waals surface area contributed by atoms with Crippen molar-refractivity contribution in [3.8, 4) is 0 Å². The van der Waals surface area contributed by atoms with Crippen molar-refractivity contribution < 1.29 is 9.66 Å². The van der Waals surface area contributed by atoms with Crippen LogP contribution in [0.4, 0.5) is 5.69 Å². The molecule has 0 heterocycles.